The first-order valence-corrected chi connectivity index (χ1v) is 10.4. The van der Waals surface area contributed by atoms with Crippen molar-refractivity contribution in [2.45, 2.75) is 36.5 Å². The number of aromatic nitrogens is 2. The second kappa shape index (κ2) is 9.26. The summed E-state index contributed by atoms with van der Waals surface area (Å²) < 4.78 is 14.6. The van der Waals surface area contributed by atoms with Crippen LogP contribution < -0.4 is 30.4 Å². The minimum Gasteiger partial charge on any atom is -0.870 e. The van der Waals surface area contributed by atoms with Gasteiger partial charge in [0.15, 0.2) is 11.2 Å². The number of H-pyrrole nitrogens is 2. The molecule has 2 heterocycles. The van der Waals surface area contributed by atoms with Crippen molar-refractivity contribution in [3.8, 4) is 0 Å². The molecule has 35 heavy (non-hydrogen) atoms. The predicted molar refractivity (Wildman–Crippen MR) is 117 cm³/mol. The topological polar surface area (TPSA) is 186 Å². The third-order valence-corrected chi connectivity index (χ3v) is 6.43. The quantitative estimate of drug-likeness (QED) is 0.255. The van der Waals surface area contributed by atoms with Crippen molar-refractivity contribution in [1.29, 1.82) is 0 Å². The first-order chi connectivity index (χ1) is 15.8. The molecular weight excluding hydrogens is 455 g/mol. The number of carbonyl (C=O) groups is 2. The molecule has 2 aromatic heterocycles. The minimum atomic E-state index is -0.808. The fraction of sp³-hybridized carbons (Fsp3) is 0.304. The van der Waals surface area contributed by atoms with E-state index in [4.69, 9.17) is 18.7 Å². The Morgan fingerprint density at radius 2 is 1.29 bits per heavy atom. The van der Waals surface area contributed by atoms with E-state index in [1.54, 1.807) is 30.3 Å². The van der Waals surface area contributed by atoms with Gasteiger partial charge in [0.05, 0.1) is 29.0 Å². The van der Waals surface area contributed by atoms with Crippen LogP contribution in [0.4, 0.5) is 0 Å². The van der Waals surface area contributed by atoms with Crippen LogP contribution in [0.15, 0.2) is 54.8 Å². The maximum atomic E-state index is 11.7. The van der Waals surface area contributed by atoms with E-state index in [2.05, 4.69) is 9.97 Å². The average molecular weight is 476 g/mol. The van der Waals surface area contributed by atoms with Crippen LogP contribution >= 0.6 is 0 Å². The van der Waals surface area contributed by atoms with Crippen LogP contribution in [0.3, 0.4) is 0 Å². The Morgan fingerprint density at radius 3 is 1.66 bits per heavy atom. The van der Waals surface area contributed by atoms with E-state index < -0.39 is 28.3 Å². The third kappa shape index (κ3) is 4.46. The van der Waals surface area contributed by atoms with E-state index in [9.17, 15) is 19.2 Å². The Balaban J connectivity index is 0.000000185. The summed E-state index contributed by atoms with van der Waals surface area (Å²) in [6, 6.07) is 10.3. The summed E-state index contributed by atoms with van der Waals surface area (Å²) in [5.74, 6) is -2.03. The van der Waals surface area contributed by atoms with Crippen LogP contribution in [0.2, 0.25) is 0 Å². The molecule has 0 aliphatic heterocycles. The number of rotatable bonds is 4. The number of esters is 1. The molecule has 2 saturated carbocycles. The monoisotopic (exact) mass is 476 g/mol. The Morgan fingerprint density at radius 1 is 0.857 bits per heavy atom. The van der Waals surface area contributed by atoms with Crippen molar-refractivity contribution in [2.24, 2.45) is 0 Å². The van der Waals surface area contributed by atoms with Gasteiger partial charge in [-0.25, -0.2) is 9.59 Å². The van der Waals surface area contributed by atoms with Crippen molar-refractivity contribution < 1.29 is 52.6 Å². The number of carboxylic acids is 1. The van der Waals surface area contributed by atoms with Gasteiger partial charge in [-0.1, -0.05) is 12.1 Å². The van der Waals surface area contributed by atoms with Crippen molar-refractivity contribution in [1.82, 2.24) is 9.97 Å². The van der Waals surface area contributed by atoms with E-state index in [1.165, 1.54) is 7.11 Å². The van der Waals surface area contributed by atoms with Crippen molar-refractivity contribution >= 4 is 34.1 Å². The molecule has 2 aliphatic rings. The van der Waals surface area contributed by atoms with E-state index in [-0.39, 0.29) is 30.3 Å². The number of nitrogens with one attached hydrogen (secondary N) is 2. The summed E-state index contributed by atoms with van der Waals surface area (Å²) in [6.07, 6.45) is 2.87. The van der Waals surface area contributed by atoms with Gasteiger partial charge in [0.2, 0.25) is 0 Å². The molecule has 0 radical (unpaired) electrons. The van der Waals surface area contributed by atoms with Crippen molar-refractivity contribution in [3.63, 3.8) is 0 Å². The summed E-state index contributed by atoms with van der Waals surface area (Å²) in [4.78, 5) is 50.0. The number of oxazole rings is 2. The molecule has 0 bridgehead atoms. The van der Waals surface area contributed by atoms with Gasteiger partial charge in [0.1, 0.15) is 0 Å². The van der Waals surface area contributed by atoms with Gasteiger partial charge in [0, 0.05) is 0 Å². The molecule has 4 N–H and O–H groups in total. The second-order valence-electron chi connectivity index (χ2n) is 8.41. The van der Waals surface area contributed by atoms with E-state index >= 15 is 0 Å². The number of methoxy groups -OCH3 is 1. The predicted octanol–water partition coefficient (Wildman–Crippen LogP) is -0.610. The molecule has 2 aromatic carbocycles. The smallest absolute Gasteiger partial charge is 0.870 e. The molecule has 12 heteroatoms. The molecule has 178 valence electrons. The summed E-state index contributed by atoms with van der Waals surface area (Å²) in [7, 11) is 1.39. The second-order valence-corrected chi connectivity index (χ2v) is 8.41. The van der Waals surface area contributed by atoms with Crippen LogP contribution in [0.5, 0.6) is 0 Å². The maximum absolute atomic E-state index is 11.7. The number of ether oxygens (including phenoxy) is 1. The fourth-order valence-electron chi connectivity index (χ4n) is 4.18. The van der Waals surface area contributed by atoms with E-state index in [0.717, 1.165) is 24.0 Å². The molecule has 0 amide bonds. The van der Waals surface area contributed by atoms with Crippen molar-refractivity contribution in [3.05, 3.63) is 68.6 Å². The Labute approximate surface area is 208 Å². The molecule has 2 fully saturated rings. The average Bonchev–Trinajstić information content (AvgIpc) is 3.70. The standard InChI is InChI=1S/C12H11NO4.C11H9NO4.Li.H2O/c1-16-10(14)12(4-5-12)7-2-3-9-8(6-7)13-11(15)17-9;13-9(14)11(3-4-11)6-1-2-8-7(5-6)12-10(15)16-8;;/h2-3,6H,4-5H2,1H3,(H,13,15);1-2,5H,3-4H2,(H,12,15)(H,13,14);;1H2/q;;+1;/p-1. The number of carbonyl (C=O) groups excluding carboxylic acids is 1. The summed E-state index contributed by atoms with van der Waals surface area (Å²) >= 11 is 0. The molecule has 0 unspecified atom stereocenters. The molecule has 4 aromatic rings. The van der Waals surface area contributed by atoms with Crippen LogP contribution in [0.1, 0.15) is 36.8 Å². The number of aliphatic carboxylic acids is 1. The zero-order chi connectivity index (χ0) is 23.4. The maximum Gasteiger partial charge on any atom is 1.00 e. The zero-order valence-electron chi connectivity index (χ0n) is 19.0. The first kappa shape index (κ1) is 26.1. The Kier molecular flexibility index (Phi) is 6.90. The van der Waals surface area contributed by atoms with Gasteiger partial charge < -0.3 is 24.2 Å². The molecule has 0 spiro atoms. The molecule has 6 rings (SSSR count). The number of carboxylic acid groups (broad SMARTS) is 1. The van der Waals surface area contributed by atoms with Crippen LogP contribution in [0.25, 0.3) is 22.2 Å². The zero-order valence-corrected chi connectivity index (χ0v) is 19.0. The Bertz CT molecular complexity index is 1520. The van der Waals surface area contributed by atoms with Gasteiger partial charge in [-0.2, -0.15) is 0 Å². The summed E-state index contributed by atoms with van der Waals surface area (Å²) in [6.45, 7) is 0. The number of hydrogen-bond donors (Lipinski definition) is 3. The third-order valence-electron chi connectivity index (χ3n) is 6.43. The molecule has 11 nitrogen and oxygen atoms in total. The molecule has 0 atom stereocenters. The van der Waals surface area contributed by atoms with Crippen molar-refractivity contribution in [2.75, 3.05) is 7.11 Å². The molecule has 2 aliphatic carbocycles. The first-order valence-electron chi connectivity index (χ1n) is 10.4. The number of hydrogen-bond acceptors (Lipinski definition) is 8. The van der Waals surface area contributed by atoms with Crippen LogP contribution in [0, 0.1) is 0 Å². The van der Waals surface area contributed by atoms with E-state index in [1.807, 2.05) is 6.07 Å². The van der Waals surface area contributed by atoms with Gasteiger partial charge >= 0.3 is 42.3 Å². The normalized spacial score (nSPS) is 16.3. The van der Waals surface area contributed by atoms with Gasteiger partial charge in [-0.3, -0.25) is 19.6 Å². The van der Waals surface area contributed by atoms with Gasteiger partial charge in [-0.05, 0) is 61.1 Å². The van der Waals surface area contributed by atoms with Crippen LogP contribution in [-0.4, -0.2) is 39.6 Å². The number of benzene rings is 2. The fourth-order valence-corrected chi connectivity index (χ4v) is 4.18. The largest absolute Gasteiger partial charge is 1.00 e. The SMILES string of the molecule is COC(=O)C1(c2ccc3oc(=O)[nH]c3c2)CC1.O=C(O)C1(c2ccc3oc(=O)[nH]c3c2)CC1.[Li+].[OH-]. The van der Waals surface area contributed by atoms with Gasteiger partial charge in [0.25, 0.3) is 0 Å². The number of aromatic amines is 2. The van der Waals surface area contributed by atoms with Gasteiger partial charge in [-0.15, -0.1) is 0 Å². The number of fused-ring (bicyclic) bond motifs is 2. The molecule has 0 saturated heterocycles. The molecular formula is C23H21LiN2O9. The summed E-state index contributed by atoms with van der Waals surface area (Å²) in [5.41, 5.74) is 2.45. The van der Waals surface area contributed by atoms with Crippen LogP contribution in [-0.2, 0) is 25.2 Å². The minimum absolute atomic E-state index is 0. The Hall–Kier alpha value is -3.52. The van der Waals surface area contributed by atoms with E-state index in [0.29, 0.717) is 35.0 Å². The summed E-state index contributed by atoms with van der Waals surface area (Å²) in [5, 5.41) is 9.14.